The van der Waals surface area contributed by atoms with Gasteiger partial charge in [-0.3, -0.25) is 4.79 Å². The van der Waals surface area contributed by atoms with Crippen LogP contribution in [0.5, 0.6) is 0 Å². The molecule has 1 amide bonds. The average molecular weight is 519 g/mol. The van der Waals surface area contributed by atoms with Crippen LogP contribution in [0.3, 0.4) is 0 Å². The molecule has 0 radical (unpaired) electrons. The first kappa shape index (κ1) is 24.7. The van der Waals surface area contributed by atoms with E-state index in [0.29, 0.717) is 13.0 Å². The van der Waals surface area contributed by atoms with Crippen molar-refractivity contribution in [2.45, 2.75) is 37.6 Å². The summed E-state index contributed by atoms with van der Waals surface area (Å²) in [7, 11) is -3.84. The monoisotopic (exact) mass is 518 g/mol. The molecule has 36 heavy (non-hydrogen) atoms. The highest BCUT2D eigenvalue weighted by Gasteiger charge is 2.35. The number of benzene rings is 3. The van der Waals surface area contributed by atoms with Gasteiger partial charge in [-0.1, -0.05) is 67.1 Å². The van der Waals surface area contributed by atoms with E-state index >= 15 is 0 Å². The fraction of sp³-hybridized carbons (Fsp3) is 0.276. The van der Waals surface area contributed by atoms with Crippen molar-refractivity contribution in [2.24, 2.45) is 0 Å². The molecule has 0 spiro atoms. The first-order valence-electron chi connectivity index (χ1n) is 12.3. The number of rotatable bonds is 7. The van der Waals surface area contributed by atoms with Crippen LogP contribution in [0.4, 0.5) is 0 Å². The van der Waals surface area contributed by atoms with E-state index in [-0.39, 0.29) is 29.9 Å². The van der Waals surface area contributed by atoms with Crippen molar-refractivity contribution in [3.63, 3.8) is 0 Å². The molecule has 2 heterocycles. The first-order chi connectivity index (χ1) is 17.4. The summed E-state index contributed by atoms with van der Waals surface area (Å²) >= 11 is 1.72. The van der Waals surface area contributed by atoms with E-state index in [2.05, 4.69) is 35.7 Å². The summed E-state index contributed by atoms with van der Waals surface area (Å²) in [4.78, 5) is 17.1. The summed E-state index contributed by atoms with van der Waals surface area (Å²) in [5, 5.41) is 3.92. The molecule has 5 rings (SSSR count). The quantitative estimate of drug-likeness (QED) is 0.311. The molecule has 0 saturated heterocycles. The predicted molar refractivity (Wildman–Crippen MR) is 146 cm³/mol. The third-order valence-electron chi connectivity index (χ3n) is 6.82. The van der Waals surface area contributed by atoms with Crippen LogP contribution in [0.1, 0.15) is 41.0 Å². The van der Waals surface area contributed by atoms with Crippen molar-refractivity contribution >= 4 is 38.0 Å². The number of thiophene rings is 1. The van der Waals surface area contributed by atoms with Crippen LogP contribution >= 0.6 is 11.3 Å². The lowest BCUT2D eigenvalue weighted by molar-refractivity contribution is -0.133. The Balaban J connectivity index is 1.46. The standard InChI is InChI=1S/C29H30N2O3S2/c1-3-16-30(36(33,34)25-13-12-22-6-4-5-7-24(22)19-25)20-28(32)31-17-14-27-26(15-18-35-27)29(31)23-10-8-21(2)9-11-23/h4-13,15,18-19,29H,3,14,16-17,20H2,1-2H3/t29-/m0/s1. The zero-order valence-corrected chi connectivity index (χ0v) is 22.2. The molecule has 0 bridgehead atoms. The van der Waals surface area contributed by atoms with Crippen LogP contribution in [0.15, 0.2) is 83.1 Å². The minimum Gasteiger partial charge on any atom is -0.330 e. The summed E-state index contributed by atoms with van der Waals surface area (Å²) < 4.78 is 28.7. The Morgan fingerprint density at radius 1 is 1.03 bits per heavy atom. The van der Waals surface area contributed by atoms with Crippen molar-refractivity contribution in [1.82, 2.24) is 9.21 Å². The zero-order chi connectivity index (χ0) is 25.3. The second-order valence-corrected chi connectivity index (χ2v) is 12.2. The van der Waals surface area contributed by atoms with Gasteiger partial charge in [0.2, 0.25) is 15.9 Å². The van der Waals surface area contributed by atoms with Gasteiger partial charge in [0.1, 0.15) is 0 Å². The van der Waals surface area contributed by atoms with E-state index in [1.54, 1.807) is 23.5 Å². The molecule has 0 unspecified atom stereocenters. The minimum atomic E-state index is -3.84. The van der Waals surface area contributed by atoms with E-state index in [1.165, 1.54) is 9.18 Å². The van der Waals surface area contributed by atoms with Crippen LogP contribution in [0.25, 0.3) is 10.8 Å². The molecule has 1 aromatic heterocycles. The first-order valence-corrected chi connectivity index (χ1v) is 14.6. The largest absolute Gasteiger partial charge is 0.330 e. The van der Waals surface area contributed by atoms with Gasteiger partial charge < -0.3 is 4.90 Å². The minimum absolute atomic E-state index is 0.171. The Morgan fingerprint density at radius 2 is 1.78 bits per heavy atom. The number of sulfonamides is 1. The van der Waals surface area contributed by atoms with Gasteiger partial charge in [0, 0.05) is 18.0 Å². The predicted octanol–water partition coefficient (Wildman–Crippen LogP) is 5.78. The SMILES string of the molecule is CCCN(CC(=O)N1CCc2sccc2[C@@H]1c1ccc(C)cc1)S(=O)(=O)c1ccc2ccccc2c1. The lowest BCUT2D eigenvalue weighted by Gasteiger charge is -2.37. The van der Waals surface area contributed by atoms with Crippen LogP contribution in [0.2, 0.25) is 0 Å². The van der Waals surface area contributed by atoms with Gasteiger partial charge in [-0.25, -0.2) is 8.42 Å². The molecule has 0 N–H and O–H groups in total. The number of carbonyl (C=O) groups is 1. The second kappa shape index (κ2) is 10.2. The van der Waals surface area contributed by atoms with Gasteiger partial charge >= 0.3 is 0 Å². The molecule has 4 aromatic rings. The molecule has 186 valence electrons. The maximum atomic E-state index is 13.8. The Morgan fingerprint density at radius 3 is 2.53 bits per heavy atom. The zero-order valence-electron chi connectivity index (χ0n) is 20.6. The molecule has 3 aromatic carbocycles. The Kier molecular flexibility index (Phi) is 6.97. The van der Waals surface area contributed by atoms with Crippen molar-refractivity contribution in [3.8, 4) is 0 Å². The molecule has 0 saturated carbocycles. The van der Waals surface area contributed by atoms with E-state index in [9.17, 15) is 13.2 Å². The van der Waals surface area contributed by atoms with Crippen LogP contribution < -0.4 is 0 Å². The van der Waals surface area contributed by atoms with E-state index in [4.69, 9.17) is 0 Å². The molecule has 5 nitrogen and oxygen atoms in total. The third kappa shape index (κ3) is 4.71. The van der Waals surface area contributed by atoms with Gasteiger partial charge in [-0.2, -0.15) is 4.31 Å². The summed E-state index contributed by atoms with van der Waals surface area (Å²) in [5.74, 6) is -0.171. The van der Waals surface area contributed by atoms with Crippen LogP contribution in [-0.2, 0) is 21.2 Å². The summed E-state index contributed by atoms with van der Waals surface area (Å²) in [6.45, 7) is 4.66. The highest BCUT2D eigenvalue weighted by molar-refractivity contribution is 7.89. The average Bonchev–Trinajstić information content (AvgIpc) is 3.37. The van der Waals surface area contributed by atoms with Crippen LogP contribution in [-0.4, -0.2) is 43.2 Å². The van der Waals surface area contributed by atoms with Gasteiger partial charge in [0.15, 0.2) is 0 Å². The fourth-order valence-electron chi connectivity index (χ4n) is 4.95. The molecular weight excluding hydrogens is 488 g/mol. The maximum absolute atomic E-state index is 13.8. The lowest BCUT2D eigenvalue weighted by Crippen LogP contribution is -2.46. The maximum Gasteiger partial charge on any atom is 0.243 e. The van der Waals surface area contributed by atoms with E-state index in [0.717, 1.165) is 33.9 Å². The Labute approximate surface area is 217 Å². The number of fused-ring (bicyclic) bond motifs is 2. The van der Waals surface area contributed by atoms with Crippen molar-refractivity contribution < 1.29 is 13.2 Å². The summed E-state index contributed by atoms with van der Waals surface area (Å²) in [6, 6.07) is 23.0. The van der Waals surface area contributed by atoms with Gasteiger partial charge in [0.25, 0.3) is 0 Å². The number of nitrogens with zero attached hydrogens (tertiary/aromatic N) is 2. The smallest absolute Gasteiger partial charge is 0.243 e. The number of carbonyl (C=O) groups excluding carboxylic acids is 1. The second-order valence-electron chi connectivity index (χ2n) is 9.30. The molecule has 0 fully saturated rings. The van der Waals surface area contributed by atoms with Gasteiger partial charge in [0.05, 0.1) is 17.5 Å². The van der Waals surface area contributed by atoms with Crippen molar-refractivity contribution in [2.75, 3.05) is 19.6 Å². The Bertz CT molecular complexity index is 1490. The highest BCUT2D eigenvalue weighted by Crippen LogP contribution is 2.38. The summed E-state index contributed by atoms with van der Waals surface area (Å²) in [6.07, 6.45) is 1.41. The van der Waals surface area contributed by atoms with Crippen molar-refractivity contribution in [3.05, 3.63) is 99.7 Å². The molecule has 1 atom stereocenters. The molecule has 1 aliphatic rings. The number of hydrogen-bond acceptors (Lipinski definition) is 4. The van der Waals surface area contributed by atoms with Gasteiger partial charge in [-0.15, -0.1) is 11.3 Å². The lowest BCUT2D eigenvalue weighted by atomic mass is 9.92. The Hall–Kier alpha value is -3.00. The van der Waals surface area contributed by atoms with E-state index in [1.807, 2.05) is 49.1 Å². The molecule has 1 aliphatic heterocycles. The van der Waals surface area contributed by atoms with Crippen LogP contribution in [0, 0.1) is 6.92 Å². The van der Waals surface area contributed by atoms with Crippen molar-refractivity contribution in [1.29, 1.82) is 0 Å². The number of amides is 1. The topological polar surface area (TPSA) is 57.7 Å². The van der Waals surface area contributed by atoms with E-state index < -0.39 is 10.0 Å². The third-order valence-corrected chi connectivity index (χ3v) is 9.66. The molecular formula is C29H30N2O3S2. The summed E-state index contributed by atoms with van der Waals surface area (Å²) in [5.41, 5.74) is 3.35. The number of hydrogen-bond donors (Lipinski definition) is 0. The molecule has 7 heteroatoms. The molecule has 0 aliphatic carbocycles. The fourth-order valence-corrected chi connectivity index (χ4v) is 7.37. The highest BCUT2D eigenvalue weighted by atomic mass is 32.2. The normalized spacial score (nSPS) is 15.9. The number of aryl methyl sites for hydroxylation is 1. The van der Waals surface area contributed by atoms with Gasteiger partial charge in [-0.05, 0) is 65.2 Å².